The molecule has 3 heteroatoms. The van der Waals surface area contributed by atoms with Crippen LogP contribution >= 0.6 is 0 Å². The van der Waals surface area contributed by atoms with Crippen LogP contribution in [0.3, 0.4) is 0 Å². The molecule has 1 N–H and O–H groups in total. The van der Waals surface area contributed by atoms with Gasteiger partial charge in [-0.15, -0.1) is 0 Å². The summed E-state index contributed by atoms with van der Waals surface area (Å²) in [4.78, 5) is 0. The molecule has 0 aromatic heterocycles. The second-order valence-corrected chi connectivity index (χ2v) is 5.11. The summed E-state index contributed by atoms with van der Waals surface area (Å²) in [6, 6.07) is 0. The Hall–Kier alpha value is -0.120. The lowest BCUT2D eigenvalue weighted by Gasteiger charge is -2.23. The quantitative estimate of drug-likeness (QED) is 0.631. The minimum absolute atomic E-state index is 0.333. The van der Waals surface area contributed by atoms with Crippen LogP contribution in [0.15, 0.2) is 0 Å². The maximum absolute atomic E-state index is 5.87. The van der Waals surface area contributed by atoms with E-state index in [1.165, 1.54) is 19.3 Å². The first-order valence-electron chi connectivity index (χ1n) is 7.23. The molecule has 17 heavy (non-hydrogen) atoms. The normalized spacial score (nSPS) is 19.4. The molecule has 0 saturated carbocycles. The fourth-order valence-electron chi connectivity index (χ4n) is 2.08. The predicted octanol–water partition coefficient (Wildman–Crippen LogP) is 2.60. The van der Waals surface area contributed by atoms with Gasteiger partial charge in [-0.2, -0.15) is 0 Å². The smallest absolute Gasteiger partial charge is 0.0671 e. The van der Waals surface area contributed by atoms with Crippen LogP contribution in [0.2, 0.25) is 0 Å². The van der Waals surface area contributed by atoms with Crippen LogP contribution in [-0.2, 0) is 9.47 Å². The summed E-state index contributed by atoms with van der Waals surface area (Å²) < 4.78 is 11.2. The van der Waals surface area contributed by atoms with Crippen LogP contribution < -0.4 is 5.32 Å². The molecule has 1 atom stereocenters. The molecule has 1 saturated heterocycles. The topological polar surface area (TPSA) is 30.5 Å². The van der Waals surface area contributed by atoms with Gasteiger partial charge in [0.1, 0.15) is 0 Å². The molecule has 0 aliphatic carbocycles. The van der Waals surface area contributed by atoms with Crippen molar-refractivity contribution >= 4 is 0 Å². The fourth-order valence-corrected chi connectivity index (χ4v) is 2.08. The third-order valence-electron chi connectivity index (χ3n) is 3.35. The van der Waals surface area contributed by atoms with Crippen molar-refractivity contribution in [1.82, 2.24) is 5.32 Å². The summed E-state index contributed by atoms with van der Waals surface area (Å²) in [5.74, 6) is 0.714. The largest absolute Gasteiger partial charge is 0.381 e. The van der Waals surface area contributed by atoms with Crippen LogP contribution in [0.5, 0.6) is 0 Å². The zero-order chi connectivity index (χ0) is 12.3. The van der Waals surface area contributed by atoms with Gasteiger partial charge in [-0.1, -0.05) is 19.8 Å². The van der Waals surface area contributed by atoms with Crippen molar-refractivity contribution in [3.05, 3.63) is 0 Å². The van der Waals surface area contributed by atoms with Gasteiger partial charge in [0.15, 0.2) is 0 Å². The van der Waals surface area contributed by atoms with Crippen molar-refractivity contribution in [2.24, 2.45) is 5.92 Å². The summed E-state index contributed by atoms with van der Waals surface area (Å²) in [5.41, 5.74) is 0. The highest BCUT2D eigenvalue weighted by Gasteiger charge is 2.14. The number of nitrogens with one attached hydrogen (secondary N) is 1. The number of ether oxygens (including phenoxy) is 2. The zero-order valence-corrected chi connectivity index (χ0v) is 11.5. The monoisotopic (exact) mass is 243 g/mol. The number of unbranched alkanes of at least 4 members (excludes halogenated alkanes) is 2. The molecule has 1 aliphatic rings. The second-order valence-electron chi connectivity index (χ2n) is 5.11. The Morgan fingerprint density at radius 2 is 2.06 bits per heavy atom. The van der Waals surface area contributed by atoms with Crippen LogP contribution in [0.25, 0.3) is 0 Å². The maximum atomic E-state index is 5.87. The number of hydrogen-bond acceptors (Lipinski definition) is 3. The van der Waals surface area contributed by atoms with Gasteiger partial charge in [0.05, 0.1) is 6.10 Å². The van der Waals surface area contributed by atoms with E-state index >= 15 is 0 Å². The molecule has 1 rings (SSSR count). The molecule has 0 spiro atoms. The Morgan fingerprint density at radius 3 is 2.76 bits per heavy atom. The van der Waals surface area contributed by atoms with E-state index in [1.54, 1.807) is 0 Å². The highest BCUT2D eigenvalue weighted by Crippen LogP contribution is 2.15. The Balaban J connectivity index is 1.91. The van der Waals surface area contributed by atoms with Gasteiger partial charge in [0, 0.05) is 26.4 Å². The summed E-state index contributed by atoms with van der Waals surface area (Å²) >= 11 is 0. The Kier molecular flexibility index (Phi) is 8.67. The van der Waals surface area contributed by atoms with Crippen molar-refractivity contribution in [2.45, 2.75) is 52.1 Å². The molecule has 0 radical (unpaired) electrons. The van der Waals surface area contributed by atoms with E-state index in [2.05, 4.69) is 19.2 Å². The van der Waals surface area contributed by atoms with Crippen LogP contribution in [0.4, 0.5) is 0 Å². The minimum Gasteiger partial charge on any atom is -0.381 e. The summed E-state index contributed by atoms with van der Waals surface area (Å²) in [6.45, 7) is 9.23. The Labute approximate surface area is 106 Å². The van der Waals surface area contributed by atoms with Crippen molar-refractivity contribution in [3.63, 3.8) is 0 Å². The van der Waals surface area contributed by atoms with E-state index in [4.69, 9.17) is 9.47 Å². The molecular weight excluding hydrogens is 214 g/mol. The van der Waals surface area contributed by atoms with Crippen molar-refractivity contribution in [1.29, 1.82) is 0 Å². The van der Waals surface area contributed by atoms with Gasteiger partial charge in [-0.05, 0) is 38.6 Å². The first-order chi connectivity index (χ1) is 8.33. The molecule has 0 amide bonds. The second kappa shape index (κ2) is 9.86. The molecule has 0 aromatic carbocycles. The van der Waals surface area contributed by atoms with Crippen molar-refractivity contribution < 1.29 is 9.47 Å². The van der Waals surface area contributed by atoms with E-state index in [0.29, 0.717) is 12.0 Å². The molecule has 1 fully saturated rings. The predicted molar refractivity (Wildman–Crippen MR) is 71.4 cm³/mol. The average Bonchev–Trinajstić information content (AvgIpc) is 2.37. The molecule has 1 aliphatic heterocycles. The highest BCUT2D eigenvalue weighted by molar-refractivity contribution is 4.64. The van der Waals surface area contributed by atoms with Gasteiger partial charge in [-0.3, -0.25) is 0 Å². The lowest BCUT2D eigenvalue weighted by molar-refractivity contribution is -0.00428. The van der Waals surface area contributed by atoms with Gasteiger partial charge < -0.3 is 14.8 Å². The van der Waals surface area contributed by atoms with Crippen LogP contribution in [0, 0.1) is 5.92 Å². The zero-order valence-electron chi connectivity index (χ0n) is 11.5. The summed E-state index contributed by atoms with van der Waals surface area (Å²) in [5, 5.41) is 3.46. The third kappa shape index (κ3) is 7.74. The van der Waals surface area contributed by atoms with Crippen LogP contribution in [-0.4, -0.2) is 39.0 Å². The molecule has 1 unspecified atom stereocenters. The molecule has 102 valence electrons. The Morgan fingerprint density at radius 1 is 1.29 bits per heavy atom. The number of rotatable bonds is 9. The summed E-state index contributed by atoms with van der Waals surface area (Å²) in [7, 11) is 0. The van der Waals surface area contributed by atoms with E-state index in [9.17, 15) is 0 Å². The molecule has 0 bridgehead atoms. The maximum Gasteiger partial charge on any atom is 0.0671 e. The van der Waals surface area contributed by atoms with Gasteiger partial charge in [0.25, 0.3) is 0 Å². The summed E-state index contributed by atoms with van der Waals surface area (Å²) in [6.07, 6.45) is 6.55. The van der Waals surface area contributed by atoms with E-state index in [-0.39, 0.29) is 0 Å². The van der Waals surface area contributed by atoms with Crippen molar-refractivity contribution in [3.8, 4) is 0 Å². The molecule has 3 nitrogen and oxygen atoms in total. The van der Waals surface area contributed by atoms with E-state index < -0.39 is 0 Å². The Bertz CT molecular complexity index is 170. The highest BCUT2D eigenvalue weighted by atomic mass is 16.5. The number of hydrogen-bond donors (Lipinski definition) is 1. The molecular formula is C14H29NO2. The van der Waals surface area contributed by atoms with Crippen LogP contribution in [0.1, 0.15) is 46.0 Å². The average molecular weight is 243 g/mol. The standard InChI is InChI=1S/C14H29NO2/c1-3-4-5-8-15-11-13(2)17-12-14-6-9-16-10-7-14/h13-15H,3-12H2,1-2H3. The fraction of sp³-hybridized carbons (Fsp3) is 1.00. The third-order valence-corrected chi connectivity index (χ3v) is 3.35. The van der Waals surface area contributed by atoms with Gasteiger partial charge in [-0.25, -0.2) is 0 Å². The molecule has 0 aromatic rings. The minimum atomic E-state index is 0.333. The SMILES string of the molecule is CCCCCNCC(C)OCC1CCOCC1. The van der Waals surface area contributed by atoms with Gasteiger partial charge in [0.2, 0.25) is 0 Å². The lowest BCUT2D eigenvalue weighted by Crippen LogP contribution is -2.30. The first kappa shape index (κ1) is 14.9. The molecule has 1 heterocycles. The first-order valence-corrected chi connectivity index (χ1v) is 7.23. The van der Waals surface area contributed by atoms with Crippen molar-refractivity contribution in [2.75, 3.05) is 32.9 Å². The van der Waals surface area contributed by atoms with E-state index in [0.717, 1.165) is 45.8 Å². The van der Waals surface area contributed by atoms with Gasteiger partial charge >= 0.3 is 0 Å². The lowest BCUT2D eigenvalue weighted by atomic mass is 10.0. The van der Waals surface area contributed by atoms with E-state index in [1.807, 2.05) is 0 Å².